The number of nitrogens with zero attached hydrogens (tertiary/aromatic N) is 6. The molecule has 2 aromatic heterocycles. The van der Waals surface area contributed by atoms with Crippen LogP contribution in [-0.4, -0.2) is 75.7 Å². The summed E-state index contributed by atoms with van der Waals surface area (Å²) in [6, 6.07) is 0. The molecule has 1 aliphatic heterocycles. The van der Waals surface area contributed by atoms with Crippen LogP contribution in [0.25, 0.3) is 0 Å². The maximum absolute atomic E-state index is 13.5. The van der Waals surface area contributed by atoms with E-state index in [1.165, 1.54) is 0 Å². The highest BCUT2D eigenvalue weighted by molar-refractivity contribution is 5.76. The number of nitrogens with one attached hydrogen (secondary N) is 2. The maximum atomic E-state index is 13.5. The van der Waals surface area contributed by atoms with Crippen molar-refractivity contribution in [1.82, 2.24) is 29.5 Å². The van der Waals surface area contributed by atoms with Crippen molar-refractivity contribution in [2.24, 2.45) is 0 Å². The average Bonchev–Trinajstić information content (AvgIpc) is 3.10. The minimum atomic E-state index is -4.59. The Morgan fingerprint density at radius 3 is 2.68 bits per heavy atom. The summed E-state index contributed by atoms with van der Waals surface area (Å²) in [5.74, 6) is -0.128. The van der Waals surface area contributed by atoms with E-state index in [2.05, 4.69) is 30.6 Å². The highest BCUT2D eigenvalue weighted by atomic mass is 19.4. The molecule has 3 heterocycles. The third kappa shape index (κ3) is 7.31. The molecule has 12 heteroatoms. The molecular weight excluding hydrogens is 449 g/mol. The number of carbonyl (C=O) groups excluding carboxylic acids is 1. The molecule has 0 unspecified atom stereocenters. The number of alkyl halides is 3. The van der Waals surface area contributed by atoms with Gasteiger partial charge in [-0.25, -0.2) is 4.98 Å². The van der Waals surface area contributed by atoms with Gasteiger partial charge in [-0.3, -0.25) is 9.48 Å². The summed E-state index contributed by atoms with van der Waals surface area (Å²) in [5.41, 5.74) is 0.413. The summed E-state index contributed by atoms with van der Waals surface area (Å²) in [4.78, 5) is 23.7. The van der Waals surface area contributed by atoms with Gasteiger partial charge in [-0.15, -0.1) is 0 Å². The summed E-state index contributed by atoms with van der Waals surface area (Å²) < 4.78 is 42.3. The second-order valence-corrected chi connectivity index (χ2v) is 8.74. The molecule has 1 aliphatic rings. The first kappa shape index (κ1) is 25.7. The fourth-order valence-electron chi connectivity index (χ4n) is 3.78. The number of halogens is 3. The molecule has 34 heavy (non-hydrogen) atoms. The lowest BCUT2D eigenvalue weighted by Crippen LogP contribution is -2.36. The van der Waals surface area contributed by atoms with Gasteiger partial charge in [0.1, 0.15) is 11.4 Å². The van der Waals surface area contributed by atoms with Crippen LogP contribution in [0.3, 0.4) is 0 Å². The fraction of sp³-hybridized carbons (Fsp3) is 0.636. The van der Waals surface area contributed by atoms with Crippen molar-refractivity contribution in [3.63, 3.8) is 0 Å². The number of aryl methyl sites for hydroxylation is 2. The quantitative estimate of drug-likeness (QED) is 0.474. The number of amides is 1. The molecular formula is C22H33F3N8O. The van der Waals surface area contributed by atoms with Crippen LogP contribution in [0.15, 0.2) is 12.4 Å². The minimum absolute atomic E-state index is 0.0534. The maximum Gasteiger partial charge on any atom is 0.421 e. The first-order valence-electron chi connectivity index (χ1n) is 11.5. The van der Waals surface area contributed by atoms with Crippen LogP contribution in [0.5, 0.6) is 0 Å². The van der Waals surface area contributed by atoms with E-state index in [0.29, 0.717) is 37.3 Å². The number of anilines is 3. The summed E-state index contributed by atoms with van der Waals surface area (Å²) in [6.07, 6.45) is 1.83. The molecule has 2 aromatic rings. The van der Waals surface area contributed by atoms with Gasteiger partial charge in [0.05, 0.1) is 11.4 Å². The number of piperidine rings is 1. The van der Waals surface area contributed by atoms with E-state index in [0.717, 1.165) is 38.5 Å². The van der Waals surface area contributed by atoms with Gasteiger partial charge in [0.25, 0.3) is 0 Å². The van der Waals surface area contributed by atoms with E-state index in [4.69, 9.17) is 0 Å². The van der Waals surface area contributed by atoms with Gasteiger partial charge in [-0.1, -0.05) is 0 Å². The van der Waals surface area contributed by atoms with Crippen LogP contribution in [-0.2, 0) is 17.5 Å². The Labute approximate surface area is 197 Å². The molecule has 0 radical (unpaired) electrons. The van der Waals surface area contributed by atoms with Gasteiger partial charge in [0, 0.05) is 45.0 Å². The van der Waals surface area contributed by atoms with Crippen LogP contribution in [0, 0.1) is 6.92 Å². The molecule has 0 spiro atoms. The molecule has 0 bridgehead atoms. The lowest BCUT2D eigenvalue weighted by molar-refractivity contribution is -0.137. The predicted molar refractivity (Wildman–Crippen MR) is 124 cm³/mol. The molecule has 1 amide bonds. The average molecular weight is 483 g/mol. The van der Waals surface area contributed by atoms with Crippen molar-refractivity contribution in [3.8, 4) is 0 Å². The second-order valence-electron chi connectivity index (χ2n) is 8.74. The molecule has 188 valence electrons. The van der Waals surface area contributed by atoms with Crippen molar-refractivity contribution in [2.75, 3.05) is 50.9 Å². The van der Waals surface area contributed by atoms with Crippen LogP contribution in [0.1, 0.15) is 43.4 Å². The van der Waals surface area contributed by atoms with Crippen LogP contribution in [0.2, 0.25) is 0 Å². The lowest BCUT2D eigenvalue weighted by atomic mass is 10.1. The molecule has 2 N–H and O–H groups in total. The Kier molecular flexibility index (Phi) is 8.70. The third-order valence-corrected chi connectivity index (χ3v) is 5.60. The fourth-order valence-corrected chi connectivity index (χ4v) is 3.78. The largest absolute Gasteiger partial charge is 0.421 e. The SMILES string of the molecule is Cc1nn(CCCN(C)C)cc1Nc1ncc(C(F)(F)F)c(NCCCN2CCCCC2=O)n1. The number of carbonyl (C=O) groups is 1. The summed E-state index contributed by atoms with van der Waals surface area (Å²) >= 11 is 0. The highest BCUT2D eigenvalue weighted by Crippen LogP contribution is 2.34. The Bertz CT molecular complexity index is 960. The van der Waals surface area contributed by atoms with E-state index >= 15 is 0 Å². The van der Waals surface area contributed by atoms with Gasteiger partial charge in [0.15, 0.2) is 0 Å². The smallest absolute Gasteiger partial charge is 0.369 e. The van der Waals surface area contributed by atoms with Crippen LogP contribution >= 0.6 is 0 Å². The molecule has 1 saturated heterocycles. The lowest BCUT2D eigenvalue weighted by Gasteiger charge is -2.26. The standard InChI is InChI=1S/C22H33F3N8O/c1-16-18(15-33(30-16)13-7-10-31(2)3)28-21-27-14-17(22(23,24)25)20(29-21)26-9-6-12-32-11-5-4-8-19(32)34/h14-15H,4-13H2,1-3H3,(H2,26,27,28,29). The summed E-state index contributed by atoms with van der Waals surface area (Å²) in [7, 11) is 4.00. The Balaban J connectivity index is 1.64. The first-order chi connectivity index (χ1) is 16.1. The van der Waals surface area contributed by atoms with Crippen molar-refractivity contribution < 1.29 is 18.0 Å². The van der Waals surface area contributed by atoms with Crippen LogP contribution < -0.4 is 10.6 Å². The predicted octanol–water partition coefficient (Wildman–Crippen LogP) is 3.51. The van der Waals surface area contributed by atoms with E-state index in [9.17, 15) is 18.0 Å². The monoisotopic (exact) mass is 482 g/mol. The van der Waals surface area contributed by atoms with E-state index < -0.39 is 11.7 Å². The summed E-state index contributed by atoms with van der Waals surface area (Å²) in [6.45, 7) is 4.93. The second kappa shape index (κ2) is 11.5. The normalized spacial score (nSPS) is 14.7. The van der Waals surface area contributed by atoms with Gasteiger partial charge in [0.2, 0.25) is 11.9 Å². The number of hydrogen-bond acceptors (Lipinski definition) is 7. The van der Waals surface area contributed by atoms with Crippen molar-refractivity contribution in [1.29, 1.82) is 0 Å². The number of aromatic nitrogens is 4. The Morgan fingerprint density at radius 1 is 1.18 bits per heavy atom. The van der Waals surface area contributed by atoms with Gasteiger partial charge in [-0.2, -0.15) is 23.3 Å². The molecule has 0 aromatic carbocycles. The van der Waals surface area contributed by atoms with Gasteiger partial charge < -0.3 is 20.4 Å². The van der Waals surface area contributed by atoms with Crippen molar-refractivity contribution in [3.05, 3.63) is 23.7 Å². The molecule has 9 nitrogen and oxygen atoms in total. The topological polar surface area (TPSA) is 91.2 Å². The molecule has 0 atom stereocenters. The van der Waals surface area contributed by atoms with E-state index in [-0.39, 0.29) is 24.2 Å². The van der Waals surface area contributed by atoms with Crippen LogP contribution in [0.4, 0.5) is 30.6 Å². The van der Waals surface area contributed by atoms with Gasteiger partial charge in [-0.05, 0) is 53.2 Å². The van der Waals surface area contributed by atoms with E-state index in [1.807, 2.05) is 21.0 Å². The zero-order valence-corrected chi connectivity index (χ0v) is 20.0. The molecule has 3 rings (SSSR count). The molecule has 0 saturated carbocycles. The Hall–Kier alpha value is -2.89. The minimum Gasteiger partial charge on any atom is -0.369 e. The third-order valence-electron chi connectivity index (χ3n) is 5.60. The van der Waals surface area contributed by atoms with Gasteiger partial charge >= 0.3 is 6.18 Å². The Morgan fingerprint density at radius 2 is 1.97 bits per heavy atom. The zero-order chi connectivity index (χ0) is 24.7. The first-order valence-corrected chi connectivity index (χ1v) is 11.5. The zero-order valence-electron chi connectivity index (χ0n) is 20.0. The van der Waals surface area contributed by atoms with Crippen molar-refractivity contribution in [2.45, 2.75) is 51.7 Å². The van der Waals surface area contributed by atoms with E-state index in [1.54, 1.807) is 15.8 Å². The molecule has 0 aliphatic carbocycles. The van der Waals surface area contributed by atoms with Crippen molar-refractivity contribution >= 4 is 23.4 Å². The number of hydrogen-bond donors (Lipinski definition) is 2. The number of rotatable bonds is 11. The molecule has 1 fully saturated rings. The highest BCUT2D eigenvalue weighted by Gasteiger charge is 2.35. The summed E-state index contributed by atoms with van der Waals surface area (Å²) in [5, 5.41) is 10.2. The number of likely N-dealkylation sites (tertiary alicyclic amines) is 1.